The molecule has 1 fully saturated rings. The molecule has 1 aliphatic heterocycles. The van der Waals surface area contributed by atoms with Gasteiger partial charge < -0.3 is 10.2 Å². The monoisotopic (exact) mass is 471 g/mol. The average molecular weight is 472 g/mol. The molecule has 4 rings (SSSR count). The summed E-state index contributed by atoms with van der Waals surface area (Å²) in [7, 11) is 0. The van der Waals surface area contributed by atoms with Gasteiger partial charge in [-0.25, -0.2) is 9.67 Å². The van der Waals surface area contributed by atoms with Crippen molar-refractivity contribution in [3.63, 3.8) is 0 Å². The summed E-state index contributed by atoms with van der Waals surface area (Å²) in [4.78, 5) is 44.1. The zero-order chi connectivity index (χ0) is 22.8. The maximum atomic E-state index is 12.6. The van der Waals surface area contributed by atoms with Gasteiger partial charge in [-0.15, -0.1) is 11.3 Å². The molecule has 1 N–H and O–H groups in total. The highest BCUT2D eigenvalue weighted by Crippen LogP contribution is 2.28. The lowest BCUT2D eigenvalue weighted by Crippen LogP contribution is -2.36. The maximum absolute atomic E-state index is 12.6. The molecule has 0 radical (unpaired) electrons. The third-order valence-corrected chi connectivity index (χ3v) is 6.61. The summed E-state index contributed by atoms with van der Waals surface area (Å²) in [5, 5.41) is 8.78. The van der Waals surface area contributed by atoms with E-state index in [9.17, 15) is 14.4 Å². The highest BCUT2D eigenvalue weighted by molar-refractivity contribution is 7.15. The number of halogens is 1. The number of nitrogens with zero attached hydrogens (tertiary/aromatic N) is 4. The van der Waals surface area contributed by atoms with Gasteiger partial charge in [-0.1, -0.05) is 11.6 Å². The molecule has 1 aliphatic rings. The minimum atomic E-state index is -0.447. The molecular weight excluding hydrogens is 450 g/mol. The van der Waals surface area contributed by atoms with E-state index in [0.717, 1.165) is 21.3 Å². The zero-order valence-corrected chi connectivity index (χ0v) is 19.2. The van der Waals surface area contributed by atoms with E-state index in [-0.39, 0.29) is 36.9 Å². The summed E-state index contributed by atoms with van der Waals surface area (Å²) in [6, 6.07) is 10.1. The lowest BCUT2D eigenvalue weighted by Gasteiger charge is -2.16. The number of amides is 2. The Balaban J connectivity index is 1.36. The number of anilines is 1. The highest BCUT2D eigenvalue weighted by Gasteiger charge is 2.34. The normalized spacial score (nSPS) is 15.9. The van der Waals surface area contributed by atoms with Gasteiger partial charge in [0.2, 0.25) is 11.8 Å². The van der Waals surface area contributed by atoms with Gasteiger partial charge in [0.15, 0.2) is 0 Å². The second-order valence-corrected chi connectivity index (χ2v) is 9.24. The Kier molecular flexibility index (Phi) is 6.38. The van der Waals surface area contributed by atoms with Gasteiger partial charge in [-0.3, -0.25) is 14.4 Å². The number of thiazole rings is 1. The number of rotatable bonds is 6. The molecule has 1 saturated heterocycles. The fourth-order valence-corrected chi connectivity index (χ4v) is 4.69. The molecule has 0 bridgehead atoms. The SMILES string of the molecule is Cc1nc(C)c(-c2ccc(=O)n(CCNC(=O)C3CC(=O)N(c4ccc(Cl)cc4)C3)n2)s1. The molecule has 166 valence electrons. The number of aryl methyl sites for hydroxylation is 2. The Hall–Kier alpha value is -3.04. The Bertz CT molecular complexity index is 1220. The molecule has 2 aromatic heterocycles. The van der Waals surface area contributed by atoms with E-state index in [0.29, 0.717) is 17.3 Å². The number of carbonyl (C=O) groups is 2. The van der Waals surface area contributed by atoms with Gasteiger partial charge in [-0.05, 0) is 44.2 Å². The predicted molar refractivity (Wildman–Crippen MR) is 124 cm³/mol. The first kappa shape index (κ1) is 22.2. The van der Waals surface area contributed by atoms with Crippen LogP contribution in [0.25, 0.3) is 10.6 Å². The lowest BCUT2D eigenvalue weighted by molar-refractivity contribution is -0.126. The van der Waals surface area contributed by atoms with E-state index in [1.54, 1.807) is 35.2 Å². The first-order valence-electron chi connectivity index (χ1n) is 10.2. The fourth-order valence-electron chi connectivity index (χ4n) is 3.68. The Morgan fingerprint density at radius 2 is 1.94 bits per heavy atom. The van der Waals surface area contributed by atoms with Crippen molar-refractivity contribution < 1.29 is 9.59 Å². The quantitative estimate of drug-likeness (QED) is 0.596. The molecule has 2 amide bonds. The summed E-state index contributed by atoms with van der Waals surface area (Å²) in [6.07, 6.45) is 0.145. The molecule has 8 nitrogen and oxygen atoms in total. The van der Waals surface area contributed by atoms with E-state index in [2.05, 4.69) is 15.4 Å². The molecular formula is C22H22ClN5O3S. The van der Waals surface area contributed by atoms with Crippen LogP contribution in [-0.2, 0) is 16.1 Å². The third-order valence-electron chi connectivity index (χ3n) is 5.26. The van der Waals surface area contributed by atoms with Crippen molar-refractivity contribution in [2.75, 3.05) is 18.0 Å². The van der Waals surface area contributed by atoms with Crippen molar-refractivity contribution in [3.05, 3.63) is 62.5 Å². The van der Waals surface area contributed by atoms with Crippen molar-refractivity contribution in [1.82, 2.24) is 20.1 Å². The number of nitrogens with one attached hydrogen (secondary N) is 1. The van der Waals surface area contributed by atoms with Gasteiger partial charge in [0.1, 0.15) is 5.69 Å². The molecule has 0 saturated carbocycles. The van der Waals surface area contributed by atoms with Crippen LogP contribution < -0.4 is 15.8 Å². The topological polar surface area (TPSA) is 97.2 Å². The van der Waals surface area contributed by atoms with E-state index in [1.165, 1.54) is 22.1 Å². The molecule has 0 spiro atoms. The molecule has 1 aromatic carbocycles. The second-order valence-electron chi connectivity index (χ2n) is 7.60. The number of benzene rings is 1. The summed E-state index contributed by atoms with van der Waals surface area (Å²) in [6.45, 7) is 4.61. The molecule has 3 aromatic rings. The van der Waals surface area contributed by atoms with Crippen molar-refractivity contribution >= 4 is 40.4 Å². The van der Waals surface area contributed by atoms with Gasteiger partial charge >= 0.3 is 0 Å². The van der Waals surface area contributed by atoms with Crippen LogP contribution >= 0.6 is 22.9 Å². The first-order chi connectivity index (χ1) is 15.3. The molecule has 0 aliphatic carbocycles. The maximum Gasteiger partial charge on any atom is 0.266 e. The lowest BCUT2D eigenvalue weighted by atomic mass is 10.1. The second kappa shape index (κ2) is 9.22. The van der Waals surface area contributed by atoms with Crippen molar-refractivity contribution in [2.45, 2.75) is 26.8 Å². The van der Waals surface area contributed by atoms with Gasteiger partial charge in [0.05, 0.1) is 28.0 Å². The smallest absolute Gasteiger partial charge is 0.266 e. The Morgan fingerprint density at radius 1 is 1.19 bits per heavy atom. The average Bonchev–Trinajstić information content (AvgIpc) is 3.31. The van der Waals surface area contributed by atoms with Crippen LogP contribution in [-0.4, -0.2) is 39.7 Å². The molecule has 3 heterocycles. The summed E-state index contributed by atoms with van der Waals surface area (Å²) in [5.74, 6) is -0.766. The molecule has 1 atom stereocenters. The van der Waals surface area contributed by atoms with Crippen molar-refractivity contribution in [3.8, 4) is 10.6 Å². The Labute approximate surface area is 193 Å². The molecule has 1 unspecified atom stereocenters. The fraction of sp³-hybridized carbons (Fsp3) is 0.318. The Morgan fingerprint density at radius 3 is 2.62 bits per heavy atom. The van der Waals surface area contributed by atoms with Gasteiger partial charge in [-0.2, -0.15) is 5.10 Å². The van der Waals surface area contributed by atoms with Gasteiger partial charge in [0, 0.05) is 36.3 Å². The zero-order valence-electron chi connectivity index (χ0n) is 17.7. The van der Waals surface area contributed by atoms with Crippen LogP contribution in [0.15, 0.2) is 41.2 Å². The van der Waals surface area contributed by atoms with Crippen LogP contribution in [0, 0.1) is 19.8 Å². The number of aromatic nitrogens is 3. The summed E-state index contributed by atoms with van der Waals surface area (Å²) in [5.41, 5.74) is 2.02. The van der Waals surface area contributed by atoms with E-state index < -0.39 is 5.92 Å². The van der Waals surface area contributed by atoms with Crippen molar-refractivity contribution in [2.24, 2.45) is 5.92 Å². The highest BCUT2D eigenvalue weighted by atomic mass is 35.5. The standard InChI is InChI=1S/C22H22ClN5O3S/c1-13-21(32-14(2)25-13)18-7-8-19(29)28(26-18)10-9-24-22(31)15-11-20(30)27(12-15)17-5-3-16(23)4-6-17/h3-8,15H,9-12H2,1-2H3,(H,24,31). The summed E-state index contributed by atoms with van der Waals surface area (Å²) >= 11 is 7.43. The summed E-state index contributed by atoms with van der Waals surface area (Å²) < 4.78 is 1.34. The minimum absolute atomic E-state index is 0.103. The number of hydrogen-bond donors (Lipinski definition) is 1. The van der Waals surface area contributed by atoms with E-state index in [1.807, 2.05) is 13.8 Å². The van der Waals surface area contributed by atoms with Crippen LogP contribution in [0.2, 0.25) is 5.02 Å². The van der Waals surface area contributed by atoms with E-state index in [4.69, 9.17) is 11.6 Å². The molecule has 32 heavy (non-hydrogen) atoms. The first-order valence-corrected chi connectivity index (χ1v) is 11.4. The number of carbonyl (C=O) groups excluding carboxylic acids is 2. The van der Waals surface area contributed by atoms with Crippen LogP contribution in [0.4, 0.5) is 5.69 Å². The van der Waals surface area contributed by atoms with Crippen molar-refractivity contribution in [1.29, 1.82) is 0 Å². The molecule has 10 heteroatoms. The van der Waals surface area contributed by atoms with Crippen LogP contribution in [0.5, 0.6) is 0 Å². The van der Waals surface area contributed by atoms with E-state index >= 15 is 0 Å². The van der Waals surface area contributed by atoms with Crippen LogP contribution in [0.3, 0.4) is 0 Å². The van der Waals surface area contributed by atoms with Gasteiger partial charge in [0.25, 0.3) is 5.56 Å². The third kappa shape index (κ3) is 4.73. The van der Waals surface area contributed by atoms with Crippen LogP contribution in [0.1, 0.15) is 17.1 Å². The number of hydrogen-bond acceptors (Lipinski definition) is 6. The minimum Gasteiger partial charge on any atom is -0.354 e. The largest absolute Gasteiger partial charge is 0.354 e. The predicted octanol–water partition coefficient (Wildman–Crippen LogP) is 2.81.